The first-order chi connectivity index (χ1) is 5.42. The summed E-state index contributed by atoms with van der Waals surface area (Å²) in [6, 6.07) is 0. The van der Waals surface area contributed by atoms with Gasteiger partial charge in [0.15, 0.2) is 11.6 Å². The molecule has 1 aliphatic heterocycles. The van der Waals surface area contributed by atoms with Crippen LogP contribution in [-0.4, -0.2) is 18.8 Å². The highest BCUT2D eigenvalue weighted by Crippen LogP contribution is 2.23. The quantitative estimate of drug-likeness (QED) is 0.649. The lowest BCUT2D eigenvalue weighted by Crippen LogP contribution is -2.08. The lowest BCUT2D eigenvalue weighted by atomic mass is 10.1. The SMILES string of the molecule is CNc1noc2c1CCOC2. The number of hydrogen-bond acceptors (Lipinski definition) is 4. The molecule has 1 aliphatic rings. The summed E-state index contributed by atoms with van der Waals surface area (Å²) < 4.78 is 10.2. The number of rotatable bonds is 1. The van der Waals surface area contributed by atoms with E-state index in [-0.39, 0.29) is 0 Å². The molecular weight excluding hydrogens is 144 g/mol. The highest BCUT2D eigenvalue weighted by molar-refractivity contribution is 5.45. The molecule has 2 heterocycles. The minimum Gasteiger partial charge on any atom is -0.373 e. The average molecular weight is 154 g/mol. The van der Waals surface area contributed by atoms with E-state index in [1.165, 1.54) is 5.56 Å². The highest BCUT2D eigenvalue weighted by Gasteiger charge is 2.18. The summed E-state index contributed by atoms with van der Waals surface area (Å²) in [6.45, 7) is 1.33. The van der Waals surface area contributed by atoms with E-state index in [1.807, 2.05) is 7.05 Å². The second-order valence-electron chi connectivity index (χ2n) is 2.49. The summed E-state index contributed by atoms with van der Waals surface area (Å²) in [6.07, 6.45) is 0.898. The van der Waals surface area contributed by atoms with Crippen molar-refractivity contribution < 1.29 is 9.26 Å². The van der Waals surface area contributed by atoms with Crippen molar-refractivity contribution in [2.24, 2.45) is 0 Å². The summed E-state index contributed by atoms with van der Waals surface area (Å²) in [5.41, 5.74) is 1.17. The molecule has 0 amide bonds. The van der Waals surface area contributed by atoms with Crippen molar-refractivity contribution in [3.05, 3.63) is 11.3 Å². The normalized spacial score (nSPS) is 16.1. The fraction of sp³-hybridized carbons (Fsp3) is 0.571. The summed E-state index contributed by atoms with van der Waals surface area (Å²) >= 11 is 0. The van der Waals surface area contributed by atoms with E-state index in [0.717, 1.165) is 24.6 Å². The van der Waals surface area contributed by atoms with Crippen LogP contribution in [-0.2, 0) is 17.8 Å². The number of aromatic nitrogens is 1. The predicted molar refractivity (Wildman–Crippen MR) is 39.4 cm³/mol. The molecule has 60 valence electrons. The van der Waals surface area contributed by atoms with Crippen molar-refractivity contribution in [3.63, 3.8) is 0 Å². The Bertz CT molecular complexity index is 243. The first-order valence-corrected chi connectivity index (χ1v) is 3.64. The Kier molecular flexibility index (Phi) is 1.54. The van der Waals surface area contributed by atoms with Crippen LogP contribution < -0.4 is 5.32 Å². The van der Waals surface area contributed by atoms with Gasteiger partial charge in [0.2, 0.25) is 0 Å². The molecule has 4 heteroatoms. The largest absolute Gasteiger partial charge is 0.373 e. The molecule has 0 spiro atoms. The van der Waals surface area contributed by atoms with Gasteiger partial charge in [-0.15, -0.1) is 0 Å². The molecular formula is C7H10N2O2. The lowest BCUT2D eigenvalue weighted by Gasteiger charge is -2.09. The van der Waals surface area contributed by atoms with Gasteiger partial charge in [-0.1, -0.05) is 5.16 Å². The van der Waals surface area contributed by atoms with E-state index >= 15 is 0 Å². The minimum absolute atomic E-state index is 0.560. The van der Waals surface area contributed by atoms with E-state index in [2.05, 4.69) is 10.5 Å². The molecule has 0 aromatic carbocycles. The van der Waals surface area contributed by atoms with Gasteiger partial charge in [0.1, 0.15) is 6.61 Å². The first kappa shape index (κ1) is 6.67. The summed E-state index contributed by atoms with van der Waals surface area (Å²) in [7, 11) is 1.84. The zero-order valence-corrected chi connectivity index (χ0v) is 6.39. The standard InChI is InChI=1S/C7H10N2O2/c1-8-7-5-2-3-10-4-6(5)11-9-7/h2-4H2,1H3,(H,8,9). The van der Waals surface area contributed by atoms with Crippen LogP contribution in [0.2, 0.25) is 0 Å². The summed E-state index contributed by atoms with van der Waals surface area (Å²) in [5, 5.41) is 6.82. The molecule has 0 atom stereocenters. The Morgan fingerprint density at radius 3 is 3.27 bits per heavy atom. The van der Waals surface area contributed by atoms with Gasteiger partial charge >= 0.3 is 0 Å². The fourth-order valence-electron chi connectivity index (χ4n) is 1.25. The van der Waals surface area contributed by atoms with Crippen LogP contribution in [0.4, 0.5) is 5.82 Å². The molecule has 1 aromatic heterocycles. The second kappa shape index (κ2) is 2.54. The molecule has 11 heavy (non-hydrogen) atoms. The van der Waals surface area contributed by atoms with Gasteiger partial charge in [0.25, 0.3) is 0 Å². The van der Waals surface area contributed by atoms with Crippen LogP contribution in [0.1, 0.15) is 11.3 Å². The Labute approximate surface area is 64.5 Å². The van der Waals surface area contributed by atoms with Crippen molar-refractivity contribution >= 4 is 5.82 Å². The molecule has 0 saturated carbocycles. The van der Waals surface area contributed by atoms with Gasteiger partial charge in [-0.3, -0.25) is 0 Å². The molecule has 1 aromatic rings. The van der Waals surface area contributed by atoms with Gasteiger partial charge in [0.05, 0.1) is 6.61 Å². The molecule has 2 rings (SSSR count). The van der Waals surface area contributed by atoms with Gasteiger partial charge in [-0.2, -0.15) is 0 Å². The Balaban J connectivity index is 2.38. The molecule has 0 saturated heterocycles. The Hall–Kier alpha value is -1.03. The molecule has 0 radical (unpaired) electrons. The minimum atomic E-state index is 0.560. The highest BCUT2D eigenvalue weighted by atomic mass is 16.5. The van der Waals surface area contributed by atoms with E-state index in [0.29, 0.717) is 6.61 Å². The number of fused-ring (bicyclic) bond motifs is 1. The molecule has 0 fully saturated rings. The fourth-order valence-corrected chi connectivity index (χ4v) is 1.25. The number of hydrogen-bond donors (Lipinski definition) is 1. The van der Waals surface area contributed by atoms with Crippen molar-refractivity contribution in [2.45, 2.75) is 13.0 Å². The van der Waals surface area contributed by atoms with Crippen LogP contribution in [0.25, 0.3) is 0 Å². The van der Waals surface area contributed by atoms with Gasteiger partial charge in [-0.25, -0.2) is 0 Å². The molecule has 0 bridgehead atoms. The lowest BCUT2D eigenvalue weighted by molar-refractivity contribution is 0.0894. The van der Waals surface area contributed by atoms with Crippen molar-refractivity contribution in [1.29, 1.82) is 0 Å². The number of nitrogens with zero attached hydrogens (tertiary/aromatic N) is 1. The molecule has 0 aliphatic carbocycles. The smallest absolute Gasteiger partial charge is 0.172 e. The van der Waals surface area contributed by atoms with Gasteiger partial charge < -0.3 is 14.6 Å². The van der Waals surface area contributed by atoms with E-state index < -0.39 is 0 Å². The monoisotopic (exact) mass is 154 g/mol. The van der Waals surface area contributed by atoms with Crippen LogP contribution in [0, 0.1) is 0 Å². The maximum absolute atomic E-state index is 5.19. The number of anilines is 1. The second-order valence-corrected chi connectivity index (χ2v) is 2.49. The topological polar surface area (TPSA) is 47.3 Å². The molecule has 4 nitrogen and oxygen atoms in total. The van der Waals surface area contributed by atoms with E-state index in [9.17, 15) is 0 Å². The van der Waals surface area contributed by atoms with Crippen molar-refractivity contribution in [3.8, 4) is 0 Å². The van der Waals surface area contributed by atoms with Crippen LogP contribution >= 0.6 is 0 Å². The third kappa shape index (κ3) is 0.991. The maximum Gasteiger partial charge on any atom is 0.172 e. The van der Waals surface area contributed by atoms with Crippen molar-refractivity contribution in [1.82, 2.24) is 5.16 Å². The number of ether oxygens (including phenoxy) is 1. The van der Waals surface area contributed by atoms with Crippen LogP contribution in [0.3, 0.4) is 0 Å². The van der Waals surface area contributed by atoms with E-state index in [4.69, 9.17) is 9.26 Å². The number of nitrogens with one attached hydrogen (secondary N) is 1. The van der Waals surface area contributed by atoms with Gasteiger partial charge in [0, 0.05) is 19.0 Å². The predicted octanol–water partition coefficient (Wildman–Crippen LogP) is 0.789. The van der Waals surface area contributed by atoms with Crippen molar-refractivity contribution in [2.75, 3.05) is 19.0 Å². The average Bonchev–Trinajstić information content (AvgIpc) is 2.47. The molecule has 1 N–H and O–H groups in total. The first-order valence-electron chi connectivity index (χ1n) is 3.64. The molecule has 0 unspecified atom stereocenters. The zero-order chi connectivity index (χ0) is 7.68. The Morgan fingerprint density at radius 2 is 2.45 bits per heavy atom. The van der Waals surface area contributed by atoms with Gasteiger partial charge in [-0.05, 0) is 0 Å². The Morgan fingerprint density at radius 1 is 1.55 bits per heavy atom. The summed E-state index contributed by atoms with van der Waals surface area (Å²) in [4.78, 5) is 0. The van der Waals surface area contributed by atoms with Crippen LogP contribution in [0.15, 0.2) is 4.52 Å². The van der Waals surface area contributed by atoms with E-state index in [1.54, 1.807) is 0 Å². The third-order valence-corrected chi connectivity index (χ3v) is 1.84. The van der Waals surface area contributed by atoms with Crippen LogP contribution in [0.5, 0.6) is 0 Å². The maximum atomic E-state index is 5.19. The third-order valence-electron chi connectivity index (χ3n) is 1.84. The zero-order valence-electron chi connectivity index (χ0n) is 6.39. The summed E-state index contributed by atoms with van der Waals surface area (Å²) in [5.74, 6) is 1.71.